The molecule has 3 aromatic rings. The molecule has 13 heteroatoms. The highest BCUT2D eigenvalue weighted by Gasteiger charge is 2.74. The second-order valence-electron chi connectivity index (χ2n) is 13.5. The zero-order valence-corrected chi connectivity index (χ0v) is 28.1. The molecular weight excluding hydrogens is 640 g/mol. The number of hydrogen-bond acceptors (Lipinski definition) is 9. The Morgan fingerprint density at radius 2 is 1.82 bits per heavy atom. The van der Waals surface area contributed by atoms with Crippen LogP contribution in [0.2, 0.25) is 0 Å². The molecule has 0 saturated carbocycles. The zero-order valence-electron chi connectivity index (χ0n) is 28.1. The van der Waals surface area contributed by atoms with Gasteiger partial charge in [0, 0.05) is 13.0 Å². The van der Waals surface area contributed by atoms with Crippen molar-refractivity contribution in [3.8, 4) is 0 Å². The first-order chi connectivity index (χ1) is 24.3. The SMILES string of the molecule is CC[C@H](C)[C@H](CO)N1C(=O)[C@H]2[C@@H]3C(=O)O[C@H](c4ccccc4)CNC(=O)CC/C=C\CN(Cn4nnc5ccccc54)C(=O)[C@H]1[C@@]21C=C[C@@H]3O1. The average molecular weight is 683 g/mol. The number of likely N-dealkylation sites (tertiary alicyclic amines) is 1. The van der Waals surface area contributed by atoms with Crippen molar-refractivity contribution in [3.05, 3.63) is 84.5 Å². The van der Waals surface area contributed by atoms with Gasteiger partial charge in [0.15, 0.2) is 0 Å². The second kappa shape index (κ2) is 13.8. The van der Waals surface area contributed by atoms with E-state index in [-0.39, 0.29) is 44.6 Å². The van der Waals surface area contributed by atoms with Gasteiger partial charge in [0.05, 0.1) is 36.7 Å². The Balaban J connectivity index is 1.32. The molecule has 0 unspecified atom stereocenters. The lowest BCUT2D eigenvalue weighted by Gasteiger charge is -2.40. The van der Waals surface area contributed by atoms with Gasteiger partial charge in [-0.1, -0.05) is 92.3 Å². The van der Waals surface area contributed by atoms with Gasteiger partial charge in [-0.25, -0.2) is 4.68 Å². The molecule has 3 amide bonds. The second-order valence-corrected chi connectivity index (χ2v) is 13.5. The summed E-state index contributed by atoms with van der Waals surface area (Å²) in [6, 6.07) is 14.6. The van der Waals surface area contributed by atoms with Crippen LogP contribution in [-0.2, 0) is 35.3 Å². The van der Waals surface area contributed by atoms with E-state index in [0.717, 1.165) is 5.52 Å². The number of nitrogens with one attached hydrogen (secondary N) is 1. The van der Waals surface area contributed by atoms with E-state index < -0.39 is 59.5 Å². The maximum absolute atomic E-state index is 15.1. The molecule has 4 aliphatic rings. The van der Waals surface area contributed by atoms with Gasteiger partial charge in [-0.2, -0.15) is 0 Å². The molecule has 7 rings (SSSR count). The summed E-state index contributed by atoms with van der Waals surface area (Å²) in [7, 11) is 0. The zero-order chi connectivity index (χ0) is 35.0. The molecule has 262 valence electrons. The van der Waals surface area contributed by atoms with E-state index in [9.17, 15) is 19.5 Å². The number of amides is 3. The monoisotopic (exact) mass is 682 g/mol. The smallest absolute Gasteiger partial charge is 0.313 e. The molecule has 4 aliphatic heterocycles. The third-order valence-electron chi connectivity index (χ3n) is 10.6. The fraction of sp³-hybridized carbons (Fsp3) is 0.459. The summed E-state index contributed by atoms with van der Waals surface area (Å²) in [6.45, 7) is 3.71. The number of ether oxygens (including phenoxy) is 2. The van der Waals surface area contributed by atoms with Crippen LogP contribution in [0.25, 0.3) is 11.0 Å². The molecule has 13 nitrogen and oxygen atoms in total. The van der Waals surface area contributed by atoms with Crippen LogP contribution in [-0.4, -0.2) is 97.1 Å². The number of aromatic nitrogens is 3. The number of allylic oxidation sites excluding steroid dienone is 1. The van der Waals surface area contributed by atoms with Crippen LogP contribution in [0.15, 0.2) is 78.9 Å². The number of rotatable bonds is 7. The Kier molecular flexibility index (Phi) is 9.27. The minimum atomic E-state index is -1.47. The van der Waals surface area contributed by atoms with Crippen molar-refractivity contribution < 1.29 is 33.8 Å². The molecule has 2 N–H and O–H groups in total. The number of carbonyl (C=O) groups is 4. The summed E-state index contributed by atoms with van der Waals surface area (Å²) in [4.78, 5) is 60.0. The first kappa shape index (κ1) is 33.6. The van der Waals surface area contributed by atoms with E-state index in [1.54, 1.807) is 21.7 Å². The topological polar surface area (TPSA) is 156 Å². The molecule has 2 aromatic carbocycles. The van der Waals surface area contributed by atoms with E-state index in [4.69, 9.17) is 9.47 Å². The maximum atomic E-state index is 15.1. The number of para-hydroxylation sites is 1. The van der Waals surface area contributed by atoms with Gasteiger partial charge in [-0.3, -0.25) is 19.2 Å². The number of nitrogens with zero attached hydrogens (tertiary/aromatic N) is 5. The molecule has 1 aromatic heterocycles. The quantitative estimate of drug-likeness (QED) is 0.283. The Hall–Kier alpha value is -4.88. The van der Waals surface area contributed by atoms with Gasteiger partial charge >= 0.3 is 5.97 Å². The number of cyclic esters (lactones) is 1. The van der Waals surface area contributed by atoms with Crippen molar-refractivity contribution >= 4 is 34.7 Å². The molecule has 0 radical (unpaired) electrons. The molecule has 2 fully saturated rings. The van der Waals surface area contributed by atoms with Crippen molar-refractivity contribution in [2.24, 2.45) is 17.8 Å². The van der Waals surface area contributed by atoms with E-state index >= 15 is 4.79 Å². The van der Waals surface area contributed by atoms with Gasteiger partial charge in [0.2, 0.25) is 11.8 Å². The summed E-state index contributed by atoms with van der Waals surface area (Å²) in [5, 5.41) is 22.2. The third kappa shape index (κ3) is 5.77. The van der Waals surface area contributed by atoms with Crippen molar-refractivity contribution in [2.45, 2.75) is 69.7 Å². The lowest BCUT2D eigenvalue weighted by molar-refractivity contribution is -0.161. The normalized spacial score (nSPS) is 30.3. The molecule has 8 atom stereocenters. The average Bonchev–Trinajstić information content (AvgIpc) is 3.89. The highest BCUT2D eigenvalue weighted by molar-refractivity contribution is 5.99. The van der Waals surface area contributed by atoms with Crippen molar-refractivity contribution in [1.29, 1.82) is 0 Å². The van der Waals surface area contributed by atoms with Crippen LogP contribution in [0.5, 0.6) is 0 Å². The van der Waals surface area contributed by atoms with Gasteiger partial charge in [0.1, 0.15) is 35.9 Å². The third-order valence-corrected chi connectivity index (χ3v) is 10.6. The largest absolute Gasteiger partial charge is 0.455 e. The van der Waals surface area contributed by atoms with Crippen LogP contribution in [0.3, 0.4) is 0 Å². The summed E-state index contributed by atoms with van der Waals surface area (Å²) in [5.41, 5.74) is 0.604. The number of carbonyl (C=O) groups excluding carboxylic acids is 4. The highest BCUT2D eigenvalue weighted by atomic mass is 16.6. The predicted molar refractivity (Wildman–Crippen MR) is 181 cm³/mol. The van der Waals surface area contributed by atoms with E-state index in [1.165, 1.54) is 4.90 Å². The van der Waals surface area contributed by atoms with Crippen LogP contribution < -0.4 is 5.32 Å². The minimum absolute atomic E-state index is 0.00788. The minimum Gasteiger partial charge on any atom is -0.455 e. The molecule has 2 saturated heterocycles. The molecule has 50 heavy (non-hydrogen) atoms. The van der Waals surface area contributed by atoms with Gasteiger partial charge in [-0.05, 0) is 30.0 Å². The summed E-state index contributed by atoms with van der Waals surface area (Å²) in [6.07, 6.45) is 6.77. The summed E-state index contributed by atoms with van der Waals surface area (Å²) < 4.78 is 14.3. The Morgan fingerprint density at radius 1 is 1.04 bits per heavy atom. The molecule has 0 aliphatic carbocycles. The lowest BCUT2D eigenvalue weighted by Crippen LogP contribution is -2.59. The van der Waals surface area contributed by atoms with Crippen molar-refractivity contribution in [2.75, 3.05) is 19.7 Å². The maximum Gasteiger partial charge on any atom is 0.313 e. The summed E-state index contributed by atoms with van der Waals surface area (Å²) >= 11 is 0. The number of esters is 1. The molecular formula is C37H42N6O7. The first-order valence-electron chi connectivity index (χ1n) is 17.3. The van der Waals surface area contributed by atoms with E-state index in [1.807, 2.05) is 80.6 Å². The van der Waals surface area contributed by atoms with Crippen LogP contribution in [0, 0.1) is 17.8 Å². The fourth-order valence-electron chi connectivity index (χ4n) is 7.85. The molecule has 1 spiro atoms. The van der Waals surface area contributed by atoms with Crippen LogP contribution >= 0.6 is 0 Å². The fourth-order valence-corrected chi connectivity index (χ4v) is 7.85. The highest BCUT2D eigenvalue weighted by Crippen LogP contribution is 2.56. The van der Waals surface area contributed by atoms with Crippen LogP contribution in [0.4, 0.5) is 0 Å². The van der Waals surface area contributed by atoms with Crippen molar-refractivity contribution in [3.63, 3.8) is 0 Å². The Labute approximate surface area is 289 Å². The standard InChI is InChI=1S/C37H42N6O7/c1-3-23(2)27(21-44)43-33-35(47)41(22-42-26-15-10-9-14-25(26)39-40-42)19-11-5-8-16-30(45)38-20-29(24-12-6-4-7-13-24)49-36(48)31-28-17-18-37(33,50-28)32(31)34(43)46/h4-7,9-15,17-18,23,27-29,31-33,44H,3,8,16,19-22H2,1-2H3,(H,38,45)/b11-5-/t23-,27-,28-,29-,31+,32+,33-,37+/m0/s1. The number of aliphatic hydroxyl groups is 1. The Morgan fingerprint density at radius 3 is 2.60 bits per heavy atom. The van der Waals surface area contributed by atoms with Crippen LogP contribution in [0.1, 0.15) is 44.8 Å². The lowest BCUT2D eigenvalue weighted by atomic mass is 9.74. The summed E-state index contributed by atoms with van der Waals surface area (Å²) in [5.74, 6) is -4.01. The van der Waals surface area contributed by atoms with Crippen molar-refractivity contribution in [1.82, 2.24) is 30.1 Å². The number of fused-ring (bicyclic) bond motifs is 3. The van der Waals surface area contributed by atoms with Gasteiger partial charge in [-0.15, -0.1) is 5.10 Å². The van der Waals surface area contributed by atoms with Gasteiger partial charge in [0.25, 0.3) is 5.91 Å². The number of hydrogen-bond donors (Lipinski definition) is 2. The first-order valence-corrected chi connectivity index (χ1v) is 17.3. The number of benzene rings is 2. The Bertz CT molecular complexity index is 1830. The molecule has 5 bridgehead atoms. The van der Waals surface area contributed by atoms with E-state index in [0.29, 0.717) is 23.9 Å². The number of aliphatic hydroxyl groups excluding tert-OH is 1. The molecule has 5 heterocycles. The predicted octanol–water partition coefficient (Wildman–Crippen LogP) is 2.53. The van der Waals surface area contributed by atoms with E-state index in [2.05, 4.69) is 15.6 Å². The van der Waals surface area contributed by atoms with Gasteiger partial charge < -0.3 is 29.7 Å².